The summed E-state index contributed by atoms with van der Waals surface area (Å²) in [6.07, 6.45) is 0.613. The molecule has 2 aromatic carbocycles. The van der Waals surface area contributed by atoms with Crippen LogP contribution >= 0.6 is 0 Å². The molecule has 1 saturated heterocycles. The Labute approximate surface area is 154 Å². The van der Waals surface area contributed by atoms with Gasteiger partial charge in [-0.1, -0.05) is 47.6 Å². The summed E-state index contributed by atoms with van der Waals surface area (Å²) in [5, 5.41) is 13.1. The van der Waals surface area contributed by atoms with E-state index in [0.717, 1.165) is 38.3 Å². The summed E-state index contributed by atoms with van der Waals surface area (Å²) < 4.78 is 0. The number of aliphatic hydroxyl groups is 1. The topological polar surface area (TPSA) is 48.3 Å². The summed E-state index contributed by atoms with van der Waals surface area (Å²) in [7, 11) is 0. The summed E-state index contributed by atoms with van der Waals surface area (Å²) in [4.78, 5) is 10.4. The van der Waals surface area contributed by atoms with Crippen LogP contribution in [0.4, 0.5) is 5.69 Å². The van der Waals surface area contributed by atoms with Gasteiger partial charge in [0.15, 0.2) is 6.10 Å². The van der Waals surface area contributed by atoms with Crippen LogP contribution in [0.15, 0.2) is 59.8 Å². The van der Waals surface area contributed by atoms with Crippen LogP contribution in [0.1, 0.15) is 23.7 Å². The molecular weight excluding hydrogens is 326 g/mol. The molecule has 1 fully saturated rings. The standard InChI is InChI=1S/C21H25N3O2/c25-16-19-14-21(26-22-19)18-6-8-20(9-7-18)24-12-10-23(11-13-24)15-17-4-2-1-3-5-17/h1-9,21,25H,10-16H2. The molecule has 2 heterocycles. The van der Waals surface area contributed by atoms with Crippen molar-refractivity contribution in [2.75, 3.05) is 37.7 Å². The Balaban J connectivity index is 1.30. The number of nitrogens with zero attached hydrogens (tertiary/aromatic N) is 3. The van der Waals surface area contributed by atoms with E-state index in [2.05, 4.69) is 69.6 Å². The Morgan fingerprint density at radius 3 is 2.35 bits per heavy atom. The van der Waals surface area contributed by atoms with E-state index in [1.165, 1.54) is 11.3 Å². The molecule has 4 rings (SSSR count). The van der Waals surface area contributed by atoms with E-state index in [1.807, 2.05) is 0 Å². The first-order chi connectivity index (χ1) is 12.8. The van der Waals surface area contributed by atoms with Gasteiger partial charge >= 0.3 is 0 Å². The molecule has 1 atom stereocenters. The maximum atomic E-state index is 9.14. The third-order valence-corrected chi connectivity index (χ3v) is 5.16. The highest BCUT2D eigenvalue weighted by atomic mass is 16.6. The van der Waals surface area contributed by atoms with Crippen LogP contribution in [-0.4, -0.2) is 48.5 Å². The van der Waals surface area contributed by atoms with Gasteiger partial charge in [0, 0.05) is 44.8 Å². The second-order valence-corrected chi connectivity index (χ2v) is 6.95. The normalized spacial score (nSPS) is 20.7. The molecule has 1 unspecified atom stereocenters. The number of anilines is 1. The van der Waals surface area contributed by atoms with Crippen LogP contribution in [0.5, 0.6) is 0 Å². The third-order valence-electron chi connectivity index (χ3n) is 5.16. The van der Waals surface area contributed by atoms with E-state index in [0.29, 0.717) is 12.1 Å². The Morgan fingerprint density at radius 2 is 1.69 bits per heavy atom. The summed E-state index contributed by atoms with van der Waals surface area (Å²) >= 11 is 0. The largest absolute Gasteiger partial charge is 0.390 e. The zero-order chi connectivity index (χ0) is 17.8. The molecule has 5 nitrogen and oxygen atoms in total. The number of rotatable bonds is 5. The number of piperazine rings is 1. The summed E-state index contributed by atoms with van der Waals surface area (Å²) in [5.41, 5.74) is 4.47. The second-order valence-electron chi connectivity index (χ2n) is 6.95. The number of hydrogen-bond acceptors (Lipinski definition) is 5. The maximum Gasteiger partial charge on any atom is 0.158 e. The van der Waals surface area contributed by atoms with Crippen molar-refractivity contribution in [1.29, 1.82) is 0 Å². The first-order valence-corrected chi connectivity index (χ1v) is 9.25. The fourth-order valence-electron chi connectivity index (χ4n) is 3.60. The smallest absolute Gasteiger partial charge is 0.158 e. The Bertz CT molecular complexity index is 738. The predicted octanol–water partition coefficient (Wildman–Crippen LogP) is 2.82. The highest BCUT2D eigenvalue weighted by Gasteiger charge is 2.23. The van der Waals surface area contributed by atoms with Crippen LogP contribution in [-0.2, 0) is 11.4 Å². The fraction of sp³-hybridized carbons (Fsp3) is 0.381. The lowest BCUT2D eigenvalue weighted by atomic mass is 10.0. The molecule has 5 heteroatoms. The average molecular weight is 351 g/mol. The van der Waals surface area contributed by atoms with Gasteiger partial charge in [0.05, 0.1) is 12.3 Å². The molecule has 2 aliphatic rings. The van der Waals surface area contributed by atoms with Crippen LogP contribution in [0.25, 0.3) is 0 Å². The predicted molar refractivity (Wildman–Crippen MR) is 103 cm³/mol. The molecule has 26 heavy (non-hydrogen) atoms. The van der Waals surface area contributed by atoms with E-state index >= 15 is 0 Å². The number of oxime groups is 1. The molecule has 2 aromatic rings. The number of aliphatic hydroxyl groups excluding tert-OH is 1. The Morgan fingerprint density at radius 1 is 0.962 bits per heavy atom. The lowest BCUT2D eigenvalue weighted by Crippen LogP contribution is -2.45. The second kappa shape index (κ2) is 7.89. The van der Waals surface area contributed by atoms with Gasteiger partial charge in [0.1, 0.15) is 0 Å². The lowest BCUT2D eigenvalue weighted by Gasteiger charge is -2.36. The van der Waals surface area contributed by atoms with E-state index < -0.39 is 0 Å². The molecule has 0 aliphatic carbocycles. The molecule has 0 spiro atoms. The average Bonchev–Trinajstić information content (AvgIpc) is 3.19. The minimum Gasteiger partial charge on any atom is -0.390 e. The van der Waals surface area contributed by atoms with Crippen molar-refractivity contribution in [3.8, 4) is 0 Å². The van der Waals surface area contributed by atoms with Gasteiger partial charge in [-0.15, -0.1) is 0 Å². The van der Waals surface area contributed by atoms with Gasteiger partial charge < -0.3 is 14.8 Å². The molecule has 0 amide bonds. The third kappa shape index (κ3) is 3.89. The highest BCUT2D eigenvalue weighted by molar-refractivity contribution is 5.86. The zero-order valence-corrected chi connectivity index (χ0v) is 14.9. The summed E-state index contributed by atoms with van der Waals surface area (Å²) in [5.74, 6) is 0. The fourth-order valence-corrected chi connectivity index (χ4v) is 3.60. The first kappa shape index (κ1) is 17.1. The van der Waals surface area contributed by atoms with Gasteiger partial charge in [-0.05, 0) is 23.3 Å². The van der Waals surface area contributed by atoms with Gasteiger partial charge in [-0.2, -0.15) is 0 Å². The maximum absolute atomic E-state index is 9.14. The first-order valence-electron chi connectivity index (χ1n) is 9.25. The molecular formula is C21H25N3O2. The summed E-state index contributed by atoms with van der Waals surface area (Å²) in [6.45, 7) is 5.25. The number of hydrogen-bond donors (Lipinski definition) is 1. The van der Waals surface area contributed by atoms with Crippen LogP contribution in [0.2, 0.25) is 0 Å². The molecule has 0 saturated carbocycles. The van der Waals surface area contributed by atoms with E-state index in [9.17, 15) is 0 Å². The monoisotopic (exact) mass is 351 g/mol. The minimum atomic E-state index is -0.0612. The van der Waals surface area contributed by atoms with Gasteiger partial charge in [-0.25, -0.2) is 0 Å². The van der Waals surface area contributed by atoms with E-state index in [4.69, 9.17) is 9.94 Å². The zero-order valence-electron chi connectivity index (χ0n) is 14.9. The Kier molecular flexibility index (Phi) is 5.18. The van der Waals surface area contributed by atoms with Crippen LogP contribution in [0, 0.1) is 0 Å². The highest BCUT2D eigenvalue weighted by Crippen LogP contribution is 2.29. The minimum absolute atomic E-state index is 0.0259. The lowest BCUT2D eigenvalue weighted by molar-refractivity contribution is 0.0856. The van der Waals surface area contributed by atoms with Crippen molar-refractivity contribution in [1.82, 2.24) is 4.90 Å². The van der Waals surface area contributed by atoms with E-state index in [-0.39, 0.29) is 12.7 Å². The molecule has 136 valence electrons. The van der Waals surface area contributed by atoms with Gasteiger partial charge in [0.25, 0.3) is 0 Å². The van der Waals surface area contributed by atoms with E-state index in [1.54, 1.807) is 0 Å². The van der Waals surface area contributed by atoms with Gasteiger partial charge in [-0.3, -0.25) is 4.90 Å². The van der Waals surface area contributed by atoms with Crippen LogP contribution < -0.4 is 4.90 Å². The molecule has 0 radical (unpaired) electrons. The van der Waals surface area contributed by atoms with Crippen LogP contribution in [0.3, 0.4) is 0 Å². The van der Waals surface area contributed by atoms with Crippen molar-refractivity contribution in [2.24, 2.45) is 5.16 Å². The van der Waals surface area contributed by atoms with Crippen molar-refractivity contribution in [3.63, 3.8) is 0 Å². The van der Waals surface area contributed by atoms with Crippen molar-refractivity contribution < 1.29 is 9.94 Å². The quantitative estimate of drug-likeness (QED) is 0.900. The van der Waals surface area contributed by atoms with Gasteiger partial charge in [0.2, 0.25) is 0 Å². The molecule has 2 aliphatic heterocycles. The molecule has 0 bridgehead atoms. The number of benzene rings is 2. The summed E-state index contributed by atoms with van der Waals surface area (Å²) in [6, 6.07) is 19.2. The van der Waals surface area contributed by atoms with Crippen molar-refractivity contribution in [3.05, 3.63) is 65.7 Å². The Hall–Kier alpha value is -2.37. The molecule has 1 N–H and O–H groups in total. The molecule has 0 aromatic heterocycles. The SMILES string of the molecule is OCC1=NOC(c2ccc(N3CCN(Cc4ccccc4)CC3)cc2)C1. The van der Waals surface area contributed by atoms with Crippen molar-refractivity contribution in [2.45, 2.75) is 19.1 Å². The van der Waals surface area contributed by atoms with Crippen molar-refractivity contribution >= 4 is 11.4 Å².